The molecular formula is C12H16N2O2. The fraction of sp³-hybridized carbons (Fsp3) is 0.500. The molecule has 4 nitrogen and oxygen atoms in total. The minimum absolute atomic E-state index is 0.258. The summed E-state index contributed by atoms with van der Waals surface area (Å²) in [5, 5.41) is 0. The molecule has 0 saturated carbocycles. The molecule has 1 atom stereocenters. The monoisotopic (exact) mass is 220 g/mol. The highest BCUT2D eigenvalue weighted by atomic mass is 16.5. The lowest BCUT2D eigenvalue weighted by Gasteiger charge is -2.06. The van der Waals surface area contributed by atoms with Gasteiger partial charge >= 0.3 is 0 Å². The van der Waals surface area contributed by atoms with E-state index in [0.717, 1.165) is 5.56 Å². The Balaban J connectivity index is 2.21. The molecule has 0 aromatic carbocycles. The second-order valence-electron chi connectivity index (χ2n) is 4.14. The number of ether oxygens (including phenoxy) is 2. The Morgan fingerprint density at radius 3 is 2.94 bits per heavy atom. The maximum atomic E-state index is 5.58. The van der Waals surface area contributed by atoms with Gasteiger partial charge in [-0.3, -0.25) is 0 Å². The number of hydrogen-bond donors (Lipinski definition) is 0. The van der Waals surface area contributed by atoms with Crippen LogP contribution in [0.3, 0.4) is 0 Å². The van der Waals surface area contributed by atoms with E-state index in [2.05, 4.69) is 23.8 Å². The van der Waals surface area contributed by atoms with Gasteiger partial charge in [0, 0.05) is 17.8 Å². The molecule has 0 fully saturated rings. The van der Waals surface area contributed by atoms with E-state index in [0.29, 0.717) is 24.3 Å². The molecular weight excluding hydrogens is 204 g/mol. The SMILES string of the molecule is COc1cc(C2=NC(C(C)C)CO2)ccn1. The van der Waals surface area contributed by atoms with Gasteiger partial charge in [-0.25, -0.2) is 9.98 Å². The van der Waals surface area contributed by atoms with Crippen LogP contribution in [0.25, 0.3) is 0 Å². The Labute approximate surface area is 95.3 Å². The first-order chi connectivity index (χ1) is 7.70. The predicted molar refractivity (Wildman–Crippen MR) is 61.9 cm³/mol. The second-order valence-corrected chi connectivity index (χ2v) is 4.14. The van der Waals surface area contributed by atoms with Crippen molar-refractivity contribution in [3.05, 3.63) is 23.9 Å². The molecule has 1 unspecified atom stereocenters. The van der Waals surface area contributed by atoms with Gasteiger partial charge < -0.3 is 9.47 Å². The molecule has 0 amide bonds. The van der Waals surface area contributed by atoms with E-state index in [1.807, 2.05) is 12.1 Å². The summed E-state index contributed by atoms with van der Waals surface area (Å²) in [6.07, 6.45) is 1.70. The summed E-state index contributed by atoms with van der Waals surface area (Å²) in [7, 11) is 1.60. The number of hydrogen-bond acceptors (Lipinski definition) is 4. The molecule has 0 spiro atoms. The molecule has 2 rings (SSSR count). The molecule has 86 valence electrons. The molecule has 1 aromatic rings. The van der Waals surface area contributed by atoms with E-state index < -0.39 is 0 Å². The van der Waals surface area contributed by atoms with Gasteiger partial charge in [0.2, 0.25) is 11.8 Å². The van der Waals surface area contributed by atoms with Crippen molar-refractivity contribution < 1.29 is 9.47 Å². The molecule has 2 heterocycles. The van der Waals surface area contributed by atoms with Crippen LogP contribution < -0.4 is 4.74 Å². The van der Waals surface area contributed by atoms with Crippen LogP contribution in [0.2, 0.25) is 0 Å². The first kappa shape index (κ1) is 10.9. The summed E-state index contributed by atoms with van der Waals surface area (Å²) in [5.41, 5.74) is 0.926. The molecule has 0 saturated heterocycles. The van der Waals surface area contributed by atoms with E-state index in [1.54, 1.807) is 13.3 Å². The lowest BCUT2D eigenvalue weighted by Crippen LogP contribution is -2.13. The number of nitrogens with zero attached hydrogens (tertiary/aromatic N) is 2. The highest BCUT2D eigenvalue weighted by Gasteiger charge is 2.22. The Hall–Kier alpha value is -1.58. The van der Waals surface area contributed by atoms with Gasteiger partial charge in [0.05, 0.1) is 13.2 Å². The maximum absolute atomic E-state index is 5.58. The van der Waals surface area contributed by atoms with Crippen LogP contribution in [-0.4, -0.2) is 30.6 Å². The molecule has 1 aromatic heterocycles. The van der Waals surface area contributed by atoms with Crippen molar-refractivity contribution in [2.24, 2.45) is 10.9 Å². The number of aliphatic imine (C=N–C) groups is 1. The minimum atomic E-state index is 0.258. The largest absolute Gasteiger partial charge is 0.481 e. The van der Waals surface area contributed by atoms with Gasteiger partial charge in [0.25, 0.3) is 0 Å². The van der Waals surface area contributed by atoms with E-state index in [-0.39, 0.29) is 6.04 Å². The van der Waals surface area contributed by atoms with Crippen LogP contribution in [-0.2, 0) is 4.74 Å². The van der Waals surface area contributed by atoms with Gasteiger partial charge in [0.1, 0.15) is 6.61 Å². The fourth-order valence-electron chi connectivity index (χ4n) is 1.54. The van der Waals surface area contributed by atoms with Gasteiger partial charge in [-0.05, 0) is 12.0 Å². The quantitative estimate of drug-likeness (QED) is 0.781. The van der Waals surface area contributed by atoms with Crippen LogP contribution in [0.1, 0.15) is 19.4 Å². The summed E-state index contributed by atoms with van der Waals surface area (Å²) in [6, 6.07) is 3.97. The number of rotatable bonds is 3. The number of methoxy groups -OCH3 is 1. The highest BCUT2D eigenvalue weighted by molar-refractivity contribution is 5.95. The average molecular weight is 220 g/mol. The molecule has 4 heteroatoms. The normalized spacial score (nSPS) is 19.5. The first-order valence-corrected chi connectivity index (χ1v) is 5.41. The average Bonchev–Trinajstić information content (AvgIpc) is 2.78. The summed E-state index contributed by atoms with van der Waals surface area (Å²) in [6.45, 7) is 4.96. The standard InChI is InChI=1S/C12H16N2O2/c1-8(2)10-7-16-12(14-10)9-4-5-13-11(6-9)15-3/h4-6,8,10H,7H2,1-3H3. The Morgan fingerprint density at radius 2 is 2.31 bits per heavy atom. The lowest BCUT2D eigenvalue weighted by atomic mass is 10.1. The topological polar surface area (TPSA) is 43.7 Å². The highest BCUT2D eigenvalue weighted by Crippen LogP contribution is 2.19. The Morgan fingerprint density at radius 1 is 1.50 bits per heavy atom. The van der Waals surface area contributed by atoms with Crippen molar-refractivity contribution in [3.8, 4) is 5.88 Å². The fourth-order valence-corrected chi connectivity index (χ4v) is 1.54. The molecule has 0 N–H and O–H groups in total. The third-order valence-electron chi connectivity index (χ3n) is 2.63. The zero-order valence-electron chi connectivity index (χ0n) is 9.80. The van der Waals surface area contributed by atoms with Crippen molar-refractivity contribution in [2.75, 3.05) is 13.7 Å². The first-order valence-electron chi connectivity index (χ1n) is 5.41. The van der Waals surface area contributed by atoms with Gasteiger partial charge in [-0.15, -0.1) is 0 Å². The van der Waals surface area contributed by atoms with E-state index in [1.165, 1.54) is 0 Å². The van der Waals surface area contributed by atoms with Crippen molar-refractivity contribution in [1.82, 2.24) is 4.98 Å². The summed E-state index contributed by atoms with van der Waals surface area (Å²) < 4.78 is 10.6. The van der Waals surface area contributed by atoms with E-state index >= 15 is 0 Å². The van der Waals surface area contributed by atoms with Gasteiger partial charge in [-0.1, -0.05) is 13.8 Å². The third-order valence-corrected chi connectivity index (χ3v) is 2.63. The van der Waals surface area contributed by atoms with Crippen LogP contribution >= 0.6 is 0 Å². The van der Waals surface area contributed by atoms with Crippen molar-refractivity contribution in [1.29, 1.82) is 0 Å². The van der Waals surface area contributed by atoms with Crippen LogP contribution in [0.15, 0.2) is 23.3 Å². The molecule has 0 bridgehead atoms. The minimum Gasteiger partial charge on any atom is -0.481 e. The lowest BCUT2D eigenvalue weighted by molar-refractivity contribution is 0.291. The Kier molecular flexibility index (Phi) is 3.08. The summed E-state index contributed by atoms with van der Waals surface area (Å²) >= 11 is 0. The Bertz CT molecular complexity index is 402. The predicted octanol–water partition coefficient (Wildman–Crippen LogP) is 1.89. The van der Waals surface area contributed by atoms with Crippen LogP contribution in [0.4, 0.5) is 0 Å². The summed E-state index contributed by atoms with van der Waals surface area (Å²) in [4.78, 5) is 8.59. The van der Waals surface area contributed by atoms with E-state index in [4.69, 9.17) is 9.47 Å². The van der Waals surface area contributed by atoms with Crippen LogP contribution in [0, 0.1) is 5.92 Å². The molecule has 16 heavy (non-hydrogen) atoms. The zero-order valence-corrected chi connectivity index (χ0v) is 9.80. The zero-order chi connectivity index (χ0) is 11.5. The maximum Gasteiger partial charge on any atom is 0.216 e. The molecule has 1 aliphatic heterocycles. The molecule has 0 radical (unpaired) electrons. The molecule has 1 aliphatic rings. The van der Waals surface area contributed by atoms with Crippen LogP contribution in [0.5, 0.6) is 5.88 Å². The van der Waals surface area contributed by atoms with Gasteiger partial charge in [0.15, 0.2) is 0 Å². The van der Waals surface area contributed by atoms with Crippen molar-refractivity contribution in [2.45, 2.75) is 19.9 Å². The smallest absolute Gasteiger partial charge is 0.216 e. The number of aromatic nitrogens is 1. The molecule has 0 aliphatic carbocycles. The second kappa shape index (κ2) is 4.51. The summed E-state index contributed by atoms with van der Waals surface area (Å²) in [5.74, 6) is 1.78. The van der Waals surface area contributed by atoms with Crippen molar-refractivity contribution in [3.63, 3.8) is 0 Å². The van der Waals surface area contributed by atoms with E-state index in [9.17, 15) is 0 Å². The third kappa shape index (κ3) is 2.15. The number of pyridine rings is 1. The van der Waals surface area contributed by atoms with Gasteiger partial charge in [-0.2, -0.15) is 0 Å². The van der Waals surface area contributed by atoms with Crippen molar-refractivity contribution >= 4 is 5.90 Å².